The summed E-state index contributed by atoms with van der Waals surface area (Å²) in [5.74, 6) is 0.165. The van der Waals surface area contributed by atoms with Gasteiger partial charge in [-0.1, -0.05) is 24.9 Å². The second-order valence-corrected chi connectivity index (χ2v) is 3.92. The van der Waals surface area contributed by atoms with Crippen molar-refractivity contribution in [1.82, 2.24) is 0 Å². The highest BCUT2D eigenvalue weighted by Gasteiger charge is 2.21. The second kappa shape index (κ2) is 3.58. The maximum atomic E-state index is 11.8. The molecule has 1 aliphatic rings. The quantitative estimate of drug-likeness (QED) is 0.721. The van der Waals surface area contributed by atoms with Crippen molar-refractivity contribution < 1.29 is 4.79 Å². The summed E-state index contributed by atoms with van der Waals surface area (Å²) in [7, 11) is 0. The van der Waals surface area contributed by atoms with Crippen LogP contribution in [0.2, 0.25) is 5.02 Å². The Balaban J connectivity index is 2.42. The number of rotatable bonds is 2. The number of Topliss-reactive ketones (excluding diaryl/α,β-unsaturated/α-hetero) is 1. The van der Waals surface area contributed by atoms with Crippen LogP contribution in [0.1, 0.15) is 35.7 Å². The summed E-state index contributed by atoms with van der Waals surface area (Å²) in [4.78, 5) is 11.8. The topological polar surface area (TPSA) is 17.1 Å². The fourth-order valence-electron chi connectivity index (χ4n) is 1.74. The number of hydrogen-bond acceptors (Lipinski definition) is 1. The van der Waals surface area contributed by atoms with Gasteiger partial charge in [0.05, 0.1) is 0 Å². The molecule has 0 atom stereocenters. The predicted octanol–water partition coefficient (Wildman–Crippen LogP) is 3.72. The number of halogens is 1. The molecule has 2 heteroatoms. The molecule has 72 valence electrons. The van der Waals surface area contributed by atoms with Crippen LogP contribution in [0, 0.1) is 0 Å². The molecule has 0 spiro atoms. The summed E-state index contributed by atoms with van der Waals surface area (Å²) in [6.07, 6.45) is 3.80. The molecule has 0 fully saturated rings. The van der Waals surface area contributed by atoms with Crippen LogP contribution >= 0.6 is 11.6 Å². The highest BCUT2D eigenvalue weighted by Crippen LogP contribution is 2.29. The minimum absolute atomic E-state index is 0.165. The minimum atomic E-state index is 0.165. The number of ketones is 1. The van der Waals surface area contributed by atoms with Gasteiger partial charge in [-0.2, -0.15) is 0 Å². The van der Waals surface area contributed by atoms with Crippen molar-refractivity contribution in [3.63, 3.8) is 0 Å². The van der Waals surface area contributed by atoms with E-state index in [9.17, 15) is 4.79 Å². The zero-order valence-electron chi connectivity index (χ0n) is 8.01. The molecule has 0 aliphatic heterocycles. The molecule has 0 unspecified atom stereocenters. The van der Waals surface area contributed by atoms with Crippen LogP contribution in [0.4, 0.5) is 0 Å². The maximum Gasteiger partial charge on any atom is 0.189 e. The molecule has 0 radical (unpaired) electrons. The van der Waals surface area contributed by atoms with Gasteiger partial charge in [-0.05, 0) is 36.3 Å². The number of carbonyl (C=O) groups is 1. The summed E-state index contributed by atoms with van der Waals surface area (Å²) in [5.41, 5.74) is 2.66. The standard InChI is InChI=1S/C12H11ClO/c1-2-3-8-6-9-7-10(13)4-5-11(9)12(8)14/h4-7H,2-3H2,1H3. The molecule has 1 nitrogen and oxygen atoms in total. The van der Waals surface area contributed by atoms with E-state index in [4.69, 9.17) is 11.6 Å². The Morgan fingerprint density at radius 3 is 2.86 bits per heavy atom. The lowest BCUT2D eigenvalue weighted by atomic mass is 10.1. The van der Waals surface area contributed by atoms with Crippen LogP contribution in [-0.4, -0.2) is 5.78 Å². The third kappa shape index (κ3) is 1.48. The van der Waals surface area contributed by atoms with Crippen molar-refractivity contribution in [1.29, 1.82) is 0 Å². The normalized spacial score (nSPS) is 14.1. The smallest absolute Gasteiger partial charge is 0.189 e. The molecule has 1 aliphatic carbocycles. The Morgan fingerprint density at radius 1 is 1.36 bits per heavy atom. The van der Waals surface area contributed by atoms with Crippen LogP contribution in [0.15, 0.2) is 23.8 Å². The van der Waals surface area contributed by atoms with E-state index in [0.29, 0.717) is 5.02 Å². The van der Waals surface area contributed by atoms with Crippen molar-refractivity contribution in [3.05, 3.63) is 39.9 Å². The van der Waals surface area contributed by atoms with Gasteiger partial charge in [-0.3, -0.25) is 4.79 Å². The monoisotopic (exact) mass is 206 g/mol. The highest BCUT2D eigenvalue weighted by atomic mass is 35.5. The number of benzene rings is 1. The molecule has 0 aromatic heterocycles. The van der Waals surface area contributed by atoms with Crippen LogP contribution in [0.5, 0.6) is 0 Å². The lowest BCUT2D eigenvalue weighted by Crippen LogP contribution is -1.97. The fraction of sp³-hybridized carbons (Fsp3) is 0.250. The van der Waals surface area contributed by atoms with E-state index in [0.717, 1.165) is 29.5 Å². The van der Waals surface area contributed by atoms with Crippen molar-refractivity contribution in [2.75, 3.05) is 0 Å². The van der Waals surface area contributed by atoms with Gasteiger partial charge in [0.1, 0.15) is 0 Å². The summed E-state index contributed by atoms with van der Waals surface area (Å²) in [6, 6.07) is 5.41. The van der Waals surface area contributed by atoms with Crippen LogP contribution in [0.25, 0.3) is 6.08 Å². The molecule has 0 saturated carbocycles. The Morgan fingerprint density at radius 2 is 2.14 bits per heavy atom. The molecule has 0 saturated heterocycles. The first-order valence-corrected chi connectivity index (χ1v) is 5.15. The number of allylic oxidation sites excluding steroid dienone is 1. The minimum Gasteiger partial charge on any atom is -0.289 e. The molecule has 2 rings (SSSR count). The third-order valence-electron chi connectivity index (χ3n) is 2.40. The third-order valence-corrected chi connectivity index (χ3v) is 2.63. The molecule has 1 aromatic rings. The number of carbonyl (C=O) groups excluding carboxylic acids is 1. The summed E-state index contributed by atoms with van der Waals surface area (Å²) >= 11 is 5.86. The van der Waals surface area contributed by atoms with Crippen LogP contribution in [-0.2, 0) is 0 Å². The summed E-state index contributed by atoms with van der Waals surface area (Å²) in [6.45, 7) is 2.07. The Hall–Kier alpha value is -1.08. The average molecular weight is 207 g/mol. The van der Waals surface area contributed by atoms with Gasteiger partial charge in [0, 0.05) is 16.2 Å². The molecule has 0 amide bonds. The van der Waals surface area contributed by atoms with E-state index in [-0.39, 0.29) is 5.78 Å². The first-order chi connectivity index (χ1) is 6.72. The Bertz CT molecular complexity index is 418. The van der Waals surface area contributed by atoms with E-state index in [1.165, 1.54) is 0 Å². The van der Waals surface area contributed by atoms with Gasteiger partial charge >= 0.3 is 0 Å². The Kier molecular flexibility index (Phi) is 2.42. The zero-order chi connectivity index (χ0) is 10.1. The predicted molar refractivity (Wildman–Crippen MR) is 58.7 cm³/mol. The second-order valence-electron chi connectivity index (χ2n) is 3.48. The van der Waals surface area contributed by atoms with Crippen LogP contribution in [0.3, 0.4) is 0 Å². The van der Waals surface area contributed by atoms with E-state index < -0.39 is 0 Å². The van der Waals surface area contributed by atoms with E-state index in [1.807, 2.05) is 12.1 Å². The number of hydrogen-bond donors (Lipinski definition) is 0. The average Bonchev–Trinajstić information content (AvgIpc) is 2.44. The van der Waals surface area contributed by atoms with E-state index in [1.54, 1.807) is 12.1 Å². The number of fused-ring (bicyclic) bond motifs is 1. The van der Waals surface area contributed by atoms with Crippen molar-refractivity contribution >= 4 is 23.5 Å². The molecule has 0 bridgehead atoms. The van der Waals surface area contributed by atoms with Gasteiger partial charge in [-0.15, -0.1) is 0 Å². The summed E-state index contributed by atoms with van der Waals surface area (Å²) in [5, 5.41) is 0.686. The van der Waals surface area contributed by atoms with Gasteiger partial charge in [0.15, 0.2) is 5.78 Å². The first kappa shape index (κ1) is 9.47. The first-order valence-electron chi connectivity index (χ1n) is 4.77. The largest absolute Gasteiger partial charge is 0.289 e. The van der Waals surface area contributed by atoms with Crippen molar-refractivity contribution in [3.8, 4) is 0 Å². The molecular weight excluding hydrogens is 196 g/mol. The Labute approximate surface area is 88.4 Å². The van der Waals surface area contributed by atoms with Crippen molar-refractivity contribution in [2.45, 2.75) is 19.8 Å². The highest BCUT2D eigenvalue weighted by molar-refractivity contribution is 6.31. The lowest BCUT2D eigenvalue weighted by Gasteiger charge is -1.98. The lowest BCUT2D eigenvalue weighted by molar-refractivity contribution is 0.103. The fourth-order valence-corrected chi connectivity index (χ4v) is 1.92. The molecule has 1 aromatic carbocycles. The van der Waals surface area contributed by atoms with E-state index >= 15 is 0 Å². The zero-order valence-corrected chi connectivity index (χ0v) is 8.77. The maximum absolute atomic E-state index is 11.8. The molecule has 0 N–H and O–H groups in total. The van der Waals surface area contributed by atoms with Gasteiger partial charge in [-0.25, -0.2) is 0 Å². The van der Waals surface area contributed by atoms with Crippen LogP contribution < -0.4 is 0 Å². The van der Waals surface area contributed by atoms with Gasteiger partial charge < -0.3 is 0 Å². The van der Waals surface area contributed by atoms with E-state index in [2.05, 4.69) is 6.92 Å². The molecule has 0 heterocycles. The molecular formula is C12H11ClO. The SMILES string of the molecule is CCCC1=Cc2cc(Cl)ccc2C1=O. The summed E-state index contributed by atoms with van der Waals surface area (Å²) < 4.78 is 0. The van der Waals surface area contributed by atoms with Gasteiger partial charge in [0.2, 0.25) is 0 Å². The van der Waals surface area contributed by atoms with Crippen molar-refractivity contribution in [2.24, 2.45) is 0 Å². The van der Waals surface area contributed by atoms with Gasteiger partial charge in [0.25, 0.3) is 0 Å². The molecule has 14 heavy (non-hydrogen) atoms.